The Hall–Kier alpha value is -2.62. The van der Waals surface area contributed by atoms with Gasteiger partial charge in [0, 0.05) is 26.6 Å². The van der Waals surface area contributed by atoms with Gasteiger partial charge in [0.05, 0.1) is 12.1 Å². The zero-order valence-corrected chi connectivity index (χ0v) is 16.7. The van der Waals surface area contributed by atoms with Crippen molar-refractivity contribution in [3.05, 3.63) is 35.9 Å². The number of amides is 3. The maximum absolute atomic E-state index is 13.9. The number of piperidine rings is 1. The largest absolute Gasteiger partial charge is 0.338 e. The molecule has 1 heterocycles. The fourth-order valence-corrected chi connectivity index (χ4v) is 3.25. The molecule has 1 aromatic carbocycles. The van der Waals surface area contributed by atoms with Gasteiger partial charge in [-0.25, -0.2) is 13.6 Å². The number of hydrogen-bond acceptors (Lipinski definition) is 2. The molecule has 5 nitrogen and oxygen atoms in total. The van der Waals surface area contributed by atoms with Crippen molar-refractivity contribution in [3.63, 3.8) is 0 Å². The first-order valence-electron chi connectivity index (χ1n) is 9.32. The first-order chi connectivity index (χ1) is 13.1. The normalized spacial score (nSPS) is 20.6. The Morgan fingerprint density at radius 2 is 1.93 bits per heavy atom. The number of carbonyl (C=O) groups is 2. The second kappa shape index (κ2) is 9.05. The summed E-state index contributed by atoms with van der Waals surface area (Å²) in [6.07, 6.45) is 0.430. The maximum Gasteiger partial charge on any atom is 0.318 e. The number of carbonyl (C=O) groups excluding carboxylic acids is 2. The highest BCUT2D eigenvalue weighted by atomic mass is 19.3. The topological polar surface area (TPSA) is 52.7 Å². The molecule has 0 bridgehead atoms. The molecule has 1 N–H and O–H groups in total. The molecule has 1 fully saturated rings. The number of nitrogens with zero attached hydrogens (tertiary/aromatic N) is 2. The van der Waals surface area contributed by atoms with E-state index in [9.17, 15) is 18.4 Å². The van der Waals surface area contributed by atoms with E-state index in [1.54, 1.807) is 25.9 Å². The first kappa shape index (κ1) is 21.7. The average Bonchev–Trinajstić information content (AvgIpc) is 2.65. The van der Waals surface area contributed by atoms with Crippen LogP contribution in [0.2, 0.25) is 0 Å². The molecule has 3 atom stereocenters. The van der Waals surface area contributed by atoms with Gasteiger partial charge in [0.2, 0.25) is 5.92 Å². The maximum atomic E-state index is 13.9. The summed E-state index contributed by atoms with van der Waals surface area (Å²) in [4.78, 5) is 27.3. The van der Waals surface area contributed by atoms with Crippen molar-refractivity contribution in [2.24, 2.45) is 5.92 Å². The Bertz CT molecular complexity index is 750. The molecule has 152 valence electrons. The zero-order valence-electron chi connectivity index (χ0n) is 16.7. The van der Waals surface area contributed by atoms with E-state index in [0.29, 0.717) is 0 Å². The van der Waals surface area contributed by atoms with Crippen LogP contribution in [-0.2, 0) is 4.79 Å². The minimum atomic E-state index is -2.79. The van der Waals surface area contributed by atoms with E-state index < -0.39 is 23.9 Å². The van der Waals surface area contributed by atoms with Crippen LogP contribution in [0.1, 0.15) is 38.3 Å². The van der Waals surface area contributed by atoms with Crippen LogP contribution < -0.4 is 5.32 Å². The summed E-state index contributed by atoms with van der Waals surface area (Å²) in [6.45, 7) is 2.85. The van der Waals surface area contributed by atoms with Crippen molar-refractivity contribution in [1.29, 1.82) is 0 Å². The highest BCUT2D eigenvalue weighted by Gasteiger charge is 2.42. The molecular formula is C21H27F2N3O2. The van der Waals surface area contributed by atoms with Crippen LogP contribution in [-0.4, -0.2) is 54.3 Å². The lowest BCUT2D eigenvalue weighted by Crippen LogP contribution is -2.50. The first-order valence-corrected chi connectivity index (χ1v) is 9.32. The van der Waals surface area contributed by atoms with Gasteiger partial charge in [-0.3, -0.25) is 4.79 Å². The standard InChI is InChI=1S/C21H27F2N3O2/c1-15(10-11-19(27)25(3)4)24-20(28)26-13-12-17(21(2,22)23)14-18(26)16-8-6-5-7-9-16/h5-9,15,17-18H,12-14H2,1-4H3,(H,24,28)/t15?,17-,18+/m0/s1. The van der Waals surface area contributed by atoms with Gasteiger partial charge in [0.25, 0.3) is 5.91 Å². The van der Waals surface area contributed by atoms with Gasteiger partial charge in [-0.15, -0.1) is 0 Å². The Morgan fingerprint density at radius 1 is 1.29 bits per heavy atom. The van der Waals surface area contributed by atoms with Crippen molar-refractivity contribution in [3.8, 4) is 11.8 Å². The van der Waals surface area contributed by atoms with Gasteiger partial charge in [0.15, 0.2) is 0 Å². The molecule has 7 heteroatoms. The number of urea groups is 1. The zero-order chi connectivity index (χ0) is 20.9. The molecular weight excluding hydrogens is 364 g/mol. The van der Waals surface area contributed by atoms with Gasteiger partial charge in [-0.05, 0) is 38.2 Å². The number of rotatable bonds is 3. The van der Waals surface area contributed by atoms with Crippen LogP contribution in [0, 0.1) is 17.8 Å². The monoisotopic (exact) mass is 391 g/mol. The third-order valence-corrected chi connectivity index (χ3v) is 4.91. The predicted octanol–water partition coefficient (Wildman–Crippen LogP) is 3.28. The third-order valence-electron chi connectivity index (χ3n) is 4.91. The molecule has 0 saturated carbocycles. The Labute approximate surface area is 165 Å². The number of benzene rings is 1. The SMILES string of the molecule is CC(C#CC(=O)N(C)C)NC(=O)N1CC[C@H](C(C)(F)F)C[C@@H]1c1ccccc1. The van der Waals surface area contributed by atoms with E-state index in [2.05, 4.69) is 17.2 Å². The van der Waals surface area contributed by atoms with E-state index >= 15 is 0 Å². The second-order valence-corrected chi connectivity index (χ2v) is 7.44. The van der Waals surface area contributed by atoms with E-state index in [1.165, 1.54) is 4.90 Å². The van der Waals surface area contributed by atoms with Gasteiger partial charge in [-0.1, -0.05) is 36.3 Å². The van der Waals surface area contributed by atoms with Gasteiger partial charge >= 0.3 is 6.03 Å². The lowest BCUT2D eigenvalue weighted by molar-refractivity contribution is -0.122. The molecule has 1 unspecified atom stereocenters. The molecule has 2 rings (SSSR count). The average molecular weight is 391 g/mol. The summed E-state index contributed by atoms with van der Waals surface area (Å²) in [5.41, 5.74) is 0.827. The van der Waals surface area contributed by atoms with Crippen molar-refractivity contribution in [2.45, 2.75) is 44.7 Å². The van der Waals surface area contributed by atoms with E-state index in [-0.39, 0.29) is 31.3 Å². The fourth-order valence-electron chi connectivity index (χ4n) is 3.25. The number of hydrogen-bond donors (Lipinski definition) is 1. The van der Waals surface area contributed by atoms with Crippen LogP contribution in [0.25, 0.3) is 0 Å². The predicted molar refractivity (Wildman–Crippen MR) is 104 cm³/mol. The summed E-state index contributed by atoms with van der Waals surface area (Å²) >= 11 is 0. The smallest absolute Gasteiger partial charge is 0.318 e. The van der Waals surface area contributed by atoms with Crippen molar-refractivity contribution in [1.82, 2.24) is 15.1 Å². The lowest BCUT2D eigenvalue weighted by atomic mass is 9.84. The number of halogens is 2. The summed E-state index contributed by atoms with van der Waals surface area (Å²) in [7, 11) is 3.19. The molecule has 3 amide bonds. The minimum Gasteiger partial charge on any atom is -0.338 e. The summed E-state index contributed by atoms with van der Waals surface area (Å²) < 4.78 is 27.8. The molecule has 0 aliphatic carbocycles. The van der Waals surface area contributed by atoms with Crippen LogP contribution in [0.3, 0.4) is 0 Å². The molecule has 1 saturated heterocycles. The number of likely N-dealkylation sites (tertiary alicyclic amines) is 1. The molecule has 0 aromatic heterocycles. The van der Waals surface area contributed by atoms with E-state index in [0.717, 1.165) is 12.5 Å². The minimum absolute atomic E-state index is 0.195. The van der Waals surface area contributed by atoms with Gasteiger partial charge in [-0.2, -0.15) is 0 Å². The summed E-state index contributed by atoms with van der Waals surface area (Å²) in [6, 6.07) is 7.86. The van der Waals surface area contributed by atoms with Crippen LogP contribution in [0.15, 0.2) is 30.3 Å². The third kappa shape index (κ3) is 5.69. The van der Waals surface area contributed by atoms with Crippen LogP contribution in [0.5, 0.6) is 0 Å². The van der Waals surface area contributed by atoms with Crippen molar-refractivity contribution >= 4 is 11.9 Å². The van der Waals surface area contributed by atoms with Gasteiger partial charge < -0.3 is 15.1 Å². The quantitative estimate of drug-likeness (QED) is 0.804. The van der Waals surface area contributed by atoms with Gasteiger partial charge in [0.1, 0.15) is 0 Å². The molecule has 0 spiro atoms. The lowest BCUT2D eigenvalue weighted by Gasteiger charge is -2.41. The molecule has 1 aliphatic rings. The Kier molecular flexibility index (Phi) is 7.00. The summed E-state index contributed by atoms with van der Waals surface area (Å²) in [5.74, 6) is 1.24. The fraction of sp³-hybridized carbons (Fsp3) is 0.524. The van der Waals surface area contributed by atoms with Crippen LogP contribution >= 0.6 is 0 Å². The van der Waals surface area contributed by atoms with Crippen LogP contribution in [0.4, 0.5) is 13.6 Å². The highest BCUT2D eigenvalue weighted by Crippen LogP contribution is 2.41. The number of nitrogens with one attached hydrogen (secondary N) is 1. The highest BCUT2D eigenvalue weighted by molar-refractivity contribution is 5.93. The second-order valence-electron chi connectivity index (χ2n) is 7.44. The van der Waals surface area contributed by atoms with E-state index in [4.69, 9.17) is 0 Å². The Balaban J connectivity index is 2.15. The molecule has 28 heavy (non-hydrogen) atoms. The van der Waals surface area contributed by atoms with Crippen molar-refractivity contribution < 1.29 is 18.4 Å². The molecule has 1 aromatic rings. The Morgan fingerprint density at radius 3 is 2.50 bits per heavy atom. The molecule has 0 radical (unpaired) electrons. The number of alkyl halides is 2. The summed E-state index contributed by atoms with van der Waals surface area (Å²) in [5, 5.41) is 2.75. The van der Waals surface area contributed by atoms with E-state index in [1.807, 2.05) is 30.3 Å². The van der Waals surface area contributed by atoms with Crippen molar-refractivity contribution in [2.75, 3.05) is 20.6 Å². The molecule has 1 aliphatic heterocycles.